The summed E-state index contributed by atoms with van der Waals surface area (Å²) in [6.45, 7) is 0. The Morgan fingerprint density at radius 3 is 2.67 bits per heavy atom. The number of hydrogen-bond acceptors (Lipinski definition) is 3. The molecule has 0 saturated carbocycles. The molecule has 18 heavy (non-hydrogen) atoms. The number of thiophene rings is 1. The second kappa shape index (κ2) is 5.82. The molecule has 0 amide bonds. The van der Waals surface area contributed by atoms with Crippen LogP contribution in [0.5, 0.6) is 5.75 Å². The Morgan fingerprint density at radius 1 is 1.22 bits per heavy atom. The third kappa shape index (κ3) is 3.31. The fourth-order valence-electron chi connectivity index (χ4n) is 1.35. The number of allylic oxidation sites excluding steroid dienone is 1. The number of carbonyl (C=O) groups excluding carboxylic acids is 1. The van der Waals surface area contributed by atoms with Crippen LogP contribution >= 0.6 is 43.2 Å². The van der Waals surface area contributed by atoms with Crippen molar-refractivity contribution in [3.63, 3.8) is 0 Å². The number of aromatic hydroxyl groups is 1. The van der Waals surface area contributed by atoms with Crippen LogP contribution in [0.2, 0.25) is 0 Å². The first-order valence-corrected chi connectivity index (χ1v) is 7.43. The molecule has 2 nitrogen and oxygen atoms in total. The van der Waals surface area contributed by atoms with Gasteiger partial charge in [-0.1, -0.05) is 15.9 Å². The number of phenolic OH excluding ortho intramolecular Hbond substituents is 1. The Morgan fingerprint density at radius 2 is 2.00 bits per heavy atom. The average molecular weight is 388 g/mol. The van der Waals surface area contributed by atoms with E-state index in [4.69, 9.17) is 0 Å². The van der Waals surface area contributed by atoms with Crippen molar-refractivity contribution < 1.29 is 9.90 Å². The van der Waals surface area contributed by atoms with Crippen LogP contribution < -0.4 is 0 Å². The van der Waals surface area contributed by atoms with Gasteiger partial charge in [0.1, 0.15) is 5.75 Å². The van der Waals surface area contributed by atoms with Gasteiger partial charge in [0.15, 0.2) is 5.78 Å². The molecule has 1 heterocycles. The molecule has 0 radical (unpaired) electrons. The molecule has 0 bridgehead atoms. The van der Waals surface area contributed by atoms with E-state index < -0.39 is 0 Å². The molecule has 0 aliphatic carbocycles. The molecule has 2 aromatic rings. The molecule has 92 valence electrons. The molecule has 0 spiro atoms. The van der Waals surface area contributed by atoms with Gasteiger partial charge in [-0.15, -0.1) is 11.3 Å². The van der Waals surface area contributed by atoms with E-state index in [9.17, 15) is 9.90 Å². The summed E-state index contributed by atoms with van der Waals surface area (Å²) >= 11 is 8.01. The van der Waals surface area contributed by atoms with Crippen LogP contribution in [-0.4, -0.2) is 10.9 Å². The lowest BCUT2D eigenvalue weighted by Gasteiger charge is -1.99. The van der Waals surface area contributed by atoms with Crippen LogP contribution in [0.25, 0.3) is 6.08 Å². The molecule has 0 unspecified atom stereocenters. The summed E-state index contributed by atoms with van der Waals surface area (Å²) in [6.07, 6.45) is 3.07. The lowest BCUT2D eigenvalue weighted by atomic mass is 10.1. The van der Waals surface area contributed by atoms with E-state index in [0.29, 0.717) is 10.4 Å². The first-order valence-electron chi connectivity index (χ1n) is 5.02. The van der Waals surface area contributed by atoms with Gasteiger partial charge in [0.25, 0.3) is 0 Å². The predicted molar refractivity (Wildman–Crippen MR) is 81.2 cm³/mol. The Balaban J connectivity index is 2.20. The van der Waals surface area contributed by atoms with Crippen LogP contribution in [0, 0.1) is 0 Å². The monoisotopic (exact) mass is 386 g/mol. The topological polar surface area (TPSA) is 37.3 Å². The zero-order valence-corrected chi connectivity index (χ0v) is 13.0. The molecule has 0 atom stereocenters. The lowest BCUT2D eigenvalue weighted by molar-refractivity contribution is 0.105. The number of rotatable bonds is 3. The van der Waals surface area contributed by atoms with Crippen LogP contribution in [0.1, 0.15) is 15.2 Å². The zero-order chi connectivity index (χ0) is 13.1. The molecule has 1 aromatic carbocycles. The summed E-state index contributed by atoms with van der Waals surface area (Å²) < 4.78 is 1.77. The molecule has 0 fully saturated rings. The maximum Gasteiger partial charge on any atom is 0.195 e. The Bertz CT molecular complexity index is 617. The number of halogens is 2. The number of carbonyl (C=O) groups is 1. The average Bonchev–Trinajstić information content (AvgIpc) is 2.77. The SMILES string of the molecule is O=C(/C=C/c1cc(Br)ccc1O)c1ccc(Br)s1. The molecule has 0 saturated heterocycles. The largest absolute Gasteiger partial charge is 0.507 e. The quantitative estimate of drug-likeness (QED) is 0.602. The molecule has 5 heteroatoms. The minimum absolute atomic E-state index is 0.0786. The van der Waals surface area contributed by atoms with Crippen molar-refractivity contribution in [1.82, 2.24) is 0 Å². The zero-order valence-electron chi connectivity index (χ0n) is 9.06. The van der Waals surface area contributed by atoms with Gasteiger partial charge >= 0.3 is 0 Å². The highest BCUT2D eigenvalue weighted by molar-refractivity contribution is 9.11. The summed E-state index contributed by atoms with van der Waals surface area (Å²) in [5.74, 6) is 0.0692. The minimum atomic E-state index is -0.0786. The van der Waals surface area contributed by atoms with E-state index in [0.717, 1.165) is 8.26 Å². The highest BCUT2D eigenvalue weighted by atomic mass is 79.9. The van der Waals surface area contributed by atoms with E-state index >= 15 is 0 Å². The number of ketones is 1. The van der Waals surface area contributed by atoms with Crippen molar-refractivity contribution in [2.24, 2.45) is 0 Å². The van der Waals surface area contributed by atoms with Crippen LogP contribution in [0.15, 0.2) is 44.7 Å². The highest BCUT2D eigenvalue weighted by Crippen LogP contribution is 2.25. The minimum Gasteiger partial charge on any atom is -0.507 e. The Kier molecular flexibility index (Phi) is 4.37. The Hall–Kier alpha value is -0.910. The van der Waals surface area contributed by atoms with Gasteiger partial charge in [-0.25, -0.2) is 0 Å². The van der Waals surface area contributed by atoms with Crippen molar-refractivity contribution in [3.05, 3.63) is 55.1 Å². The molecule has 0 aliphatic rings. The third-order valence-corrected chi connectivity index (χ3v) is 4.35. The molecular weight excluding hydrogens is 380 g/mol. The van der Waals surface area contributed by atoms with Crippen LogP contribution in [0.4, 0.5) is 0 Å². The van der Waals surface area contributed by atoms with Crippen molar-refractivity contribution in [3.8, 4) is 5.75 Å². The molecule has 1 N–H and O–H groups in total. The Labute approximate surface area is 125 Å². The molecule has 2 rings (SSSR count). The standard InChI is InChI=1S/C13H8Br2O2S/c14-9-2-4-10(16)8(7-9)1-3-11(17)12-5-6-13(15)18-12/h1-7,16H/b3-1+. The second-order valence-corrected chi connectivity index (χ2v) is 6.88. The fraction of sp³-hybridized carbons (Fsp3) is 0. The summed E-state index contributed by atoms with van der Waals surface area (Å²) in [5.41, 5.74) is 0.605. The van der Waals surface area contributed by atoms with Crippen molar-refractivity contribution in [2.75, 3.05) is 0 Å². The van der Waals surface area contributed by atoms with E-state index in [1.54, 1.807) is 30.3 Å². The smallest absolute Gasteiger partial charge is 0.195 e. The fourth-order valence-corrected chi connectivity index (χ4v) is 3.04. The number of phenols is 1. The summed E-state index contributed by atoms with van der Waals surface area (Å²) in [7, 11) is 0. The first kappa shape index (κ1) is 13.5. The summed E-state index contributed by atoms with van der Waals surface area (Å²) in [6, 6.07) is 8.68. The summed E-state index contributed by atoms with van der Waals surface area (Å²) in [5, 5.41) is 9.63. The van der Waals surface area contributed by atoms with E-state index in [1.165, 1.54) is 17.4 Å². The van der Waals surface area contributed by atoms with Gasteiger partial charge in [-0.3, -0.25) is 4.79 Å². The van der Waals surface area contributed by atoms with Gasteiger partial charge in [-0.2, -0.15) is 0 Å². The van der Waals surface area contributed by atoms with Gasteiger partial charge < -0.3 is 5.11 Å². The van der Waals surface area contributed by atoms with Gasteiger partial charge in [0.2, 0.25) is 0 Å². The van der Waals surface area contributed by atoms with E-state index in [1.807, 2.05) is 6.07 Å². The number of hydrogen-bond donors (Lipinski definition) is 1. The molecule has 0 aliphatic heterocycles. The van der Waals surface area contributed by atoms with E-state index in [-0.39, 0.29) is 11.5 Å². The lowest BCUT2D eigenvalue weighted by Crippen LogP contribution is -1.88. The maximum atomic E-state index is 11.8. The summed E-state index contributed by atoms with van der Waals surface area (Å²) in [4.78, 5) is 12.5. The van der Waals surface area contributed by atoms with Gasteiger partial charge in [-0.05, 0) is 58.4 Å². The molecule has 1 aromatic heterocycles. The maximum absolute atomic E-state index is 11.8. The van der Waals surface area contributed by atoms with Crippen LogP contribution in [-0.2, 0) is 0 Å². The van der Waals surface area contributed by atoms with Crippen LogP contribution in [0.3, 0.4) is 0 Å². The van der Waals surface area contributed by atoms with Crippen molar-refractivity contribution in [2.45, 2.75) is 0 Å². The number of benzene rings is 1. The molecular formula is C13H8Br2O2S. The van der Waals surface area contributed by atoms with Gasteiger partial charge in [0, 0.05) is 10.0 Å². The predicted octanol–water partition coefficient (Wildman–Crippen LogP) is 4.87. The van der Waals surface area contributed by atoms with Gasteiger partial charge in [0.05, 0.1) is 8.66 Å². The first-order chi connectivity index (χ1) is 8.56. The van der Waals surface area contributed by atoms with E-state index in [2.05, 4.69) is 31.9 Å². The third-order valence-electron chi connectivity index (χ3n) is 2.22. The van der Waals surface area contributed by atoms with Crippen molar-refractivity contribution in [1.29, 1.82) is 0 Å². The van der Waals surface area contributed by atoms with Crippen molar-refractivity contribution >= 4 is 55.1 Å². The normalized spacial score (nSPS) is 11.0. The highest BCUT2D eigenvalue weighted by Gasteiger charge is 2.05. The second-order valence-electron chi connectivity index (χ2n) is 3.50.